The van der Waals surface area contributed by atoms with E-state index in [0.29, 0.717) is 35.9 Å². The van der Waals surface area contributed by atoms with Crippen LogP contribution in [-0.2, 0) is 26.1 Å². The van der Waals surface area contributed by atoms with E-state index in [9.17, 15) is 18.8 Å². The van der Waals surface area contributed by atoms with Crippen LogP contribution in [0.1, 0.15) is 52.6 Å². The molecule has 10 heteroatoms. The van der Waals surface area contributed by atoms with Gasteiger partial charge in [-0.05, 0) is 66.8 Å². The highest BCUT2D eigenvalue weighted by Crippen LogP contribution is 2.30. The van der Waals surface area contributed by atoms with Gasteiger partial charge in [0.05, 0.1) is 6.54 Å². The summed E-state index contributed by atoms with van der Waals surface area (Å²) in [4.78, 5) is 49.5. The normalized spacial score (nSPS) is 13.0. The summed E-state index contributed by atoms with van der Waals surface area (Å²) in [6, 6.07) is 21.3. The molecule has 0 spiro atoms. The number of aromatic nitrogens is 4. The zero-order chi connectivity index (χ0) is 30.8. The van der Waals surface area contributed by atoms with Gasteiger partial charge in [0.2, 0.25) is 0 Å². The van der Waals surface area contributed by atoms with Gasteiger partial charge in [-0.15, -0.1) is 0 Å². The topological polar surface area (TPSA) is 105 Å². The van der Waals surface area contributed by atoms with Gasteiger partial charge < -0.3 is 15.2 Å². The molecule has 0 bridgehead atoms. The number of fused-ring (bicyclic) bond motifs is 1. The van der Waals surface area contributed by atoms with Gasteiger partial charge in [-0.3, -0.25) is 18.7 Å². The average Bonchev–Trinajstić information content (AvgIpc) is 3.77. The third-order valence-electron chi connectivity index (χ3n) is 8.11. The van der Waals surface area contributed by atoms with Gasteiger partial charge in [0.15, 0.2) is 5.65 Å². The van der Waals surface area contributed by atoms with E-state index in [1.165, 1.54) is 6.07 Å². The third kappa shape index (κ3) is 6.12. The van der Waals surface area contributed by atoms with E-state index in [-0.39, 0.29) is 23.5 Å². The number of nitrogens with zero attached hydrogens (tertiary/aromatic N) is 4. The summed E-state index contributed by atoms with van der Waals surface area (Å²) in [6.07, 6.45) is 2.43. The SMILES string of the molecule is CCNCc1ccc(C(=O)N(C)c2ccc(Cc3nc4c([nH]3)c(=O)n(Cc3ccccc3F)c(=O)n4CC3CC3)cc2)cc1. The second-order valence-electron chi connectivity index (χ2n) is 11.4. The van der Waals surface area contributed by atoms with Crippen molar-refractivity contribution in [2.75, 3.05) is 18.5 Å². The molecule has 3 aromatic carbocycles. The second kappa shape index (κ2) is 12.4. The molecule has 2 aromatic heterocycles. The minimum absolute atomic E-state index is 0.106. The molecule has 0 saturated heterocycles. The van der Waals surface area contributed by atoms with Crippen molar-refractivity contribution in [3.05, 3.63) is 128 Å². The molecule has 2 heterocycles. The summed E-state index contributed by atoms with van der Waals surface area (Å²) < 4.78 is 17.0. The van der Waals surface area contributed by atoms with Gasteiger partial charge in [-0.1, -0.05) is 49.4 Å². The van der Waals surface area contributed by atoms with Crippen LogP contribution in [-0.4, -0.2) is 38.6 Å². The van der Waals surface area contributed by atoms with Crippen LogP contribution in [0.5, 0.6) is 0 Å². The molecule has 0 atom stereocenters. The molecule has 1 aliphatic rings. The number of H-pyrrole nitrogens is 1. The van der Waals surface area contributed by atoms with Crippen LogP contribution < -0.4 is 21.5 Å². The second-order valence-corrected chi connectivity index (χ2v) is 11.4. The van der Waals surface area contributed by atoms with Crippen LogP contribution in [0.25, 0.3) is 11.2 Å². The molecular weight excluding hydrogens is 559 g/mol. The first kappa shape index (κ1) is 29.3. The molecular formula is C34H35FN6O3. The van der Waals surface area contributed by atoms with Gasteiger partial charge >= 0.3 is 5.69 Å². The van der Waals surface area contributed by atoms with Crippen molar-refractivity contribution in [3.8, 4) is 0 Å². The lowest BCUT2D eigenvalue weighted by Crippen LogP contribution is -2.40. The smallest absolute Gasteiger partial charge is 0.333 e. The summed E-state index contributed by atoms with van der Waals surface area (Å²) in [7, 11) is 1.74. The number of aromatic amines is 1. The van der Waals surface area contributed by atoms with E-state index in [2.05, 4.69) is 22.2 Å². The van der Waals surface area contributed by atoms with E-state index in [4.69, 9.17) is 0 Å². The van der Waals surface area contributed by atoms with Gasteiger partial charge in [0.25, 0.3) is 11.5 Å². The molecule has 5 aromatic rings. The van der Waals surface area contributed by atoms with Crippen LogP contribution in [0.15, 0.2) is 82.4 Å². The fourth-order valence-electron chi connectivity index (χ4n) is 5.33. The van der Waals surface area contributed by atoms with Crippen LogP contribution in [0.3, 0.4) is 0 Å². The van der Waals surface area contributed by atoms with Gasteiger partial charge in [-0.25, -0.2) is 14.2 Å². The minimum atomic E-state index is -0.524. The number of hydrogen-bond acceptors (Lipinski definition) is 5. The summed E-state index contributed by atoms with van der Waals surface area (Å²) >= 11 is 0. The molecule has 0 aliphatic heterocycles. The van der Waals surface area contributed by atoms with Crippen LogP contribution in [0.2, 0.25) is 0 Å². The standard InChI is InChI=1S/C34H35FN6O3/c1-3-36-19-23-10-14-25(15-11-23)32(42)39(2)27-16-12-22(13-17-27)18-29-37-30-31(38-29)40(20-24-8-9-24)34(44)41(33(30)43)21-26-6-4-5-7-28(26)35/h4-7,10-17,24,36H,3,8-9,18-21H2,1-2H3,(H,37,38). The van der Waals surface area contributed by atoms with Gasteiger partial charge in [0.1, 0.15) is 17.2 Å². The van der Waals surface area contributed by atoms with Crippen molar-refractivity contribution in [3.63, 3.8) is 0 Å². The lowest BCUT2D eigenvalue weighted by Gasteiger charge is -2.18. The Morgan fingerprint density at radius 2 is 1.70 bits per heavy atom. The lowest BCUT2D eigenvalue weighted by atomic mass is 10.1. The van der Waals surface area contributed by atoms with Gasteiger partial charge in [0, 0.05) is 43.4 Å². The highest BCUT2D eigenvalue weighted by molar-refractivity contribution is 6.05. The summed E-state index contributed by atoms with van der Waals surface area (Å²) in [6.45, 7) is 4.00. The first-order valence-corrected chi connectivity index (χ1v) is 14.9. The Morgan fingerprint density at radius 1 is 1.00 bits per heavy atom. The first-order valence-electron chi connectivity index (χ1n) is 14.9. The predicted molar refractivity (Wildman–Crippen MR) is 169 cm³/mol. The van der Waals surface area contributed by atoms with Crippen molar-refractivity contribution in [2.24, 2.45) is 5.92 Å². The molecule has 0 unspecified atom stereocenters. The molecule has 2 N–H and O–H groups in total. The molecule has 0 radical (unpaired) electrons. The fourth-order valence-corrected chi connectivity index (χ4v) is 5.33. The molecule has 1 saturated carbocycles. The van der Waals surface area contributed by atoms with Crippen molar-refractivity contribution < 1.29 is 9.18 Å². The zero-order valence-electron chi connectivity index (χ0n) is 24.8. The molecule has 1 aliphatic carbocycles. The van der Waals surface area contributed by atoms with Gasteiger partial charge in [-0.2, -0.15) is 0 Å². The zero-order valence-corrected chi connectivity index (χ0v) is 24.8. The Labute approximate surface area is 254 Å². The maximum absolute atomic E-state index is 14.4. The lowest BCUT2D eigenvalue weighted by molar-refractivity contribution is 0.0993. The Morgan fingerprint density at radius 3 is 2.39 bits per heavy atom. The van der Waals surface area contributed by atoms with Crippen molar-refractivity contribution in [1.82, 2.24) is 24.4 Å². The number of carbonyl (C=O) groups excluding carboxylic acids is 1. The van der Waals surface area contributed by atoms with E-state index in [1.54, 1.807) is 34.7 Å². The van der Waals surface area contributed by atoms with Crippen molar-refractivity contribution in [1.29, 1.82) is 0 Å². The number of hydrogen-bond donors (Lipinski definition) is 2. The maximum atomic E-state index is 14.4. The summed E-state index contributed by atoms with van der Waals surface area (Å²) in [5.41, 5.74) is 3.21. The number of halogens is 1. The number of anilines is 1. The number of amides is 1. The quantitative estimate of drug-likeness (QED) is 0.235. The Hall–Kier alpha value is -4.83. The summed E-state index contributed by atoms with van der Waals surface area (Å²) in [5, 5.41) is 3.28. The average molecular weight is 595 g/mol. The predicted octanol–water partition coefficient (Wildman–Crippen LogP) is 4.46. The Bertz CT molecular complexity index is 1920. The van der Waals surface area contributed by atoms with E-state index >= 15 is 0 Å². The number of nitrogens with one attached hydrogen (secondary N) is 2. The molecule has 9 nitrogen and oxygen atoms in total. The molecule has 226 valence electrons. The monoisotopic (exact) mass is 594 g/mol. The van der Waals surface area contributed by atoms with Crippen molar-refractivity contribution in [2.45, 2.75) is 45.8 Å². The minimum Gasteiger partial charge on any atom is -0.336 e. The first-order chi connectivity index (χ1) is 21.3. The van der Waals surface area contributed by atoms with E-state index in [0.717, 1.165) is 47.3 Å². The highest BCUT2D eigenvalue weighted by atomic mass is 19.1. The van der Waals surface area contributed by atoms with Crippen LogP contribution in [0.4, 0.5) is 10.1 Å². The number of imidazole rings is 1. The number of rotatable bonds is 11. The molecule has 6 rings (SSSR count). The number of benzene rings is 3. The highest BCUT2D eigenvalue weighted by Gasteiger charge is 2.26. The van der Waals surface area contributed by atoms with Crippen LogP contribution >= 0.6 is 0 Å². The fraction of sp³-hybridized carbons (Fsp3) is 0.294. The largest absolute Gasteiger partial charge is 0.336 e. The number of carbonyl (C=O) groups is 1. The summed E-state index contributed by atoms with van der Waals surface area (Å²) in [5.74, 6) is 0.329. The Balaban J connectivity index is 1.23. The van der Waals surface area contributed by atoms with E-state index < -0.39 is 17.1 Å². The Kier molecular flexibility index (Phi) is 8.25. The van der Waals surface area contributed by atoms with Crippen LogP contribution in [0, 0.1) is 11.7 Å². The van der Waals surface area contributed by atoms with Crippen molar-refractivity contribution >= 4 is 22.8 Å². The third-order valence-corrected chi connectivity index (χ3v) is 8.11. The van der Waals surface area contributed by atoms with E-state index in [1.807, 2.05) is 48.5 Å². The molecule has 44 heavy (non-hydrogen) atoms. The molecule has 1 amide bonds. The maximum Gasteiger partial charge on any atom is 0.333 e. The molecule has 1 fully saturated rings.